The zero-order chi connectivity index (χ0) is 14.8. The summed E-state index contributed by atoms with van der Waals surface area (Å²) in [6, 6.07) is 5.13. The molecule has 1 aliphatic heterocycles. The van der Waals surface area contributed by atoms with Crippen LogP contribution in [-0.4, -0.2) is 31.7 Å². The van der Waals surface area contributed by atoms with Crippen molar-refractivity contribution in [2.75, 3.05) is 19.8 Å². The van der Waals surface area contributed by atoms with Crippen LogP contribution < -0.4 is 20.5 Å². The number of amides is 1. The van der Waals surface area contributed by atoms with Crippen molar-refractivity contribution in [1.82, 2.24) is 5.32 Å². The van der Waals surface area contributed by atoms with Gasteiger partial charge in [-0.05, 0) is 23.6 Å². The zero-order valence-corrected chi connectivity index (χ0v) is 12.2. The Hall–Kier alpha value is -1.75. The molecule has 1 aromatic rings. The molecule has 5 heteroatoms. The van der Waals surface area contributed by atoms with Crippen molar-refractivity contribution in [1.29, 1.82) is 0 Å². The van der Waals surface area contributed by atoms with Gasteiger partial charge < -0.3 is 20.5 Å². The van der Waals surface area contributed by atoms with E-state index in [1.807, 2.05) is 0 Å². The van der Waals surface area contributed by atoms with Crippen LogP contribution in [0.3, 0.4) is 0 Å². The fourth-order valence-corrected chi connectivity index (χ4v) is 2.06. The number of fused-ring (bicyclic) bond motifs is 1. The number of ether oxygens (including phenoxy) is 2. The van der Waals surface area contributed by atoms with Crippen LogP contribution in [0.4, 0.5) is 0 Å². The molecule has 1 unspecified atom stereocenters. The molecule has 1 aliphatic rings. The van der Waals surface area contributed by atoms with E-state index in [1.54, 1.807) is 18.2 Å². The zero-order valence-electron chi connectivity index (χ0n) is 12.2. The van der Waals surface area contributed by atoms with Crippen LogP contribution in [0.5, 0.6) is 11.5 Å². The molecule has 110 valence electrons. The minimum Gasteiger partial charge on any atom is -0.486 e. The summed E-state index contributed by atoms with van der Waals surface area (Å²) in [5, 5.41) is 2.97. The number of nitrogens with two attached hydrogens (primary N) is 1. The highest BCUT2D eigenvalue weighted by molar-refractivity contribution is 5.95. The predicted octanol–water partition coefficient (Wildman–Crippen LogP) is 1.56. The minimum atomic E-state index is -0.146. The number of hydrogen-bond donors (Lipinski definition) is 2. The van der Waals surface area contributed by atoms with Gasteiger partial charge in [-0.25, -0.2) is 0 Å². The number of rotatable bonds is 3. The lowest BCUT2D eigenvalue weighted by Gasteiger charge is -2.30. The lowest BCUT2D eigenvalue weighted by Crippen LogP contribution is -2.48. The molecule has 0 aromatic heterocycles. The van der Waals surface area contributed by atoms with Gasteiger partial charge in [-0.3, -0.25) is 4.79 Å². The van der Waals surface area contributed by atoms with E-state index in [1.165, 1.54) is 0 Å². The molecule has 0 radical (unpaired) electrons. The maximum Gasteiger partial charge on any atom is 0.251 e. The van der Waals surface area contributed by atoms with Crippen LogP contribution in [-0.2, 0) is 0 Å². The maximum absolute atomic E-state index is 12.3. The molecule has 0 saturated heterocycles. The fraction of sp³-hybridized carbons (Fsp3) is 0.533. The molecule has 0 bridgehead atoms. The first-order valence-corrected chi connectivity index (χ1v) is 6.82. The van der Waals surface area contributed by atoms with Crippen molar-refractivity contribution in [3.05, 3.63) is 23.8 Å². The normalized spacial score (nSPS) is 15.6. The van der Waals surface area contributed by atoms with Gasteiger partial charge in [0.25, 0.3) is 5.91 Å². The molecule has 1 atom stereocenters. The predicted molar refractivity (Wildman–Crippen MR) is 77.2 cm³/mol. The second kappa shape index (κ2) is 5.71. The van der Waals surface area contributed by atoms with E-state index < -0.39 is 0 Å². The van der Waals surface area contributed by atoms with Gasteiger partial charge in [0.1, 0.15) is 13.2 Å². The fourth-order valence-electron chi connectivity index (χ4n) is 2.06. The molecule has 2 rings (SSSR count). The highest BCUT2D eigenvalue weighted by Crippen LogP contribution is 2.30. The summed E-state index contributed by atoms with van der Waals surface area (Å²) < 4.78 is 10.9. The van der Waals surface area contributed by atoms with E-state index in [0.29, 0.717) is 36.8 Å². The molecule has 5 nitrogen and oxygen atoms in total. The molecule has 3 N–H and O–H groups in total. The number of carbonyl (C=O) groups excluding carboxylic acids is 1. The van der Waals surface area contributed by atoms with E-state index in [4.69, 9.17) is 15.2 Å². The van der Waals surface area contributed by atoms with E-state index in [2.05, 4.69) is 26.1 Å². The molecule has 0 aliphatic carbocycles. The Balaban J connectivity index is 2.13. The third-order valence-electron chi connectivity index (χ3n) is 3.39. The summed E-state index contributed by atoms with van der Waals surface area (Å²) in [5.74, 6) is 1.15. The van der Waals surface area contributed by atoms with Gasteiger partial charge in [-0.1, -0.05) is 20.8 Å². The first kappa shape index (κ1) is 14.7. The van der Waals surface area contributed by atoms with Crippen molar-refractivity contribution < 1.29 is 14.3 Å². The first-order chi connectivity index (χ1) is 9.41. The molecule has 0 spiro atoms. The lowest BCUT2D eigenvalue weighted by molar-refractivity contribution is 0.0904. The van der Waals surface area contributed by atoms with E-state index >= 15 is 0 Å². The highest BCUT2D eigenvalue weighted by atomic mass is 16.6. The largest absolute Gasteiger partial charge is 0.486 e. The number of hydrogen-bond acceptors (Lipinski definition) is 4. The Labute approximate surface area is 119 Å². The van der Waals surface area contributed by atoms with E-state index in [0.717, 1.165) is 0 Å². The van der Waals surface area contributed by atoms with Gasteiger partial charge in [0, 0.05) is 18.2 Å². The van der Waals surface area contributed by atoms with Crippen molar-refractivity contribution in [2.24, 2.45) is 11.1 Å². The Morgan fingerprint density at radius 1 is 1.30 bits per heavy atom. The monoisotopic (exact) mass is 278 g/mol. The van der Waals surface area contributed by atoms with Gasteiger partial charge in [0.05, 0.1) is 0 Å². The lowest BCUT2D eigenvalue weighted by atomic mass is 9.86. The minimum absolute atomic E-state index is 0.0804. The summed E-state index contributed by atoms with van der Waals surface area (Å²) in [5.41, 5.74) is 6.20. The van der Waals surface area contributed by atoms with Crippen LogP contribution in [0.2, 0.25) is 0 Å². The smallest absolute Gasteiger partial charge is 0.251 e. The van der Waals surface area contributed by atoms with Crippen LogP contribution in [0.1, 0.15) is 31.1 Å². The SMILES string of the molecule is CC(C)(C)C(CN)NC(=O)c1ccc2c(c1)OCCO2. The van der Waals surface area contributed by atoms with Gasteiger partial charge in [0.15, 0.2) is 11.5 Å². The van der Waals surface area contributed by atoms with Crippen LogP contribution >= 0.6 is 0 Å². The average molecular weight is 278 g/mol. The number of benzene rings is 1. The Kier molecular flexibility index (Phi) is 4.18. The topological polar surface area (TPSA) is 73.6 Å². The molecule has 0 saturated carbocycles. The third kappa shape index (κ3) is 3.22. The third-order valence-corrected chi connectivity index (χ3v) is 3.39. The van der Waals surface area contributed by atoms with Gasteiger partial charge >= 0.3 is 0 Å². The second-order valence-corrected chi connectivity index (χ2v) is 5.99. The molecule has 20 heavy (non-hydrogen) atoms. The van der Waals surface area contributed by atoms with Crippen LogP contribution in [0, 0.1) is 5.41 Å². The second-order valence-electron chi connectivity index (χ2n) is 5.99. The first-order valence-electron chi connectivity index (χ1n) is 6.82. The standard InChI is InChI=1S/C15H22N2O3/c1-15(2,3)13(9-16)17-14(18)10-4-5-11-12(8-10)20-7-6-19-11/h4-5,8,13H,6-7,9,16H2,1-3H3,(H,17,18). The van der Waals surface area contributed by atoms with Gasteiger partial charge in [0.2, 0.25) is 0 Å². The van der Waals surface area contributed by atoms with Crippen molar-refractivity contribution in [3.63, 3.8) is 0 Å². The average Bonchev–Trinajstić information content (AvgIpc) is 2.42. The molecule has 1 heterocycles. The summed E-state index contributed by atoms with van der Waals surface area (Å²) in [4.78, 5) is 12.3. The molecule has 1 amide bonds. The quantitative estimate of drug-likeness (QED) is 0.880. The summed E-state index contributed by atoms with van der Waals surface area (Å²) in [7, 11) is 0. The van der Waals surface area contributed by atoms with E-state index in [-0.39, 0.29) is 17.4 Å². The van der Waals surface area contributed by atoms with Crippen LogP contribution in [0.15, 0.2) is 18.2 Å². The number of carbonyl (C=O) groups is 1. The Bertz CT molecular complexity index is 494. The highest BCUT2D eigenvalue weighted by Gasteiger charge is 2.25. The Morgan fingerprint density at radius 3 is 2.55 bits per heavy atom. The van der Waals surface area contributed by atoms with E-state index in [9.17, 15) is 4.79 Å². The maximum atomic E-state index is 12.3. The molecular weight excluding hydrogens is 256 g/mol. The van der Waals surface area contributed by atoms with Gasteiger partial charge in [-0.15, -0.1) is 0 Å². The van der Waals surface area contributed by atoms with Gasteiger partial charge in [-0.2, -0.15) is 0 Å². The van der Waals surface area contributed by atoms with Crippen molar-refractivity contribution in [3.8, 4) is 11.5 Å². The summed E-state index contributed by atoms with van der Waals surface area (Å²) >= 11 is 0. The summed E-state index contributed by atoms with van der Waals surface area (Å²) in [6.45, 7) is 7.60. The van der Waals surface area contributed by atoms with Crippen molar-refractivity contribution in [2.45, 2.75) is 26.8 Å². The number of nitrogens with one attached hydrogen (secondary N) is 1. The molecule has 1 aromatic carbocycles. The van der Waals surface area contributed by atoms with Crippen LogP contribution in [0.25, 0.3) is 0 Å². The summed E-state index contributed by atoms with van der Waals surface area (Å²) in [6.07, 6.45) is 0. The Morgan fingerprint density at radius 2 is 1.95 bits per heavy atom. The van der Waals surface area contributed by atoms with Crippen molar-refractivity contribution >= 4 is 5.91 Å². The molecule has 0 fully saturated rings. The molecular formula is C15H22N2O3.